The molecule has 1 aromatic heterocycles. The van der Waals surface area contributed by atoms with Crippen LogP contribution in [0.5, 0.6) is 0 Å². The van der Waals surface area contributed by atoms with Gasteiger partial charge in [-0.2, -0.15) is 13.2 Å². The molecule has 2 aromatic rings. The first-order chi connectivity index (χ1) is 9.68. The topological polar surface area (TPSA) is 37.8 Å². The Bertz CT molecular complexity index is 689. The fourth-order valence-electron chi connectivity index (χ4n) is 1.67. The minimum absolute atomic E-state index is 0.0193. The van der Waals surface area contributed by atoms with Crippen molar-refractivity contribution in [1.82, 2.24) is 9.97 Å². The Balaban J connectivity index is 2.41. The van der Waals surface area contributed by atoms with Crippen molar-refractivity contribution in [3.8, 4) is 0 Å². The highest BCUT2D eigenvalue weighted by molar-refractivity contribution is 9.10. The zero-order valence-electron chi connectivity index (χ0n) is 11.0. The van der Waals surface area contributed by atoms with Crippen LogP contribution in [-0.2, 0) is 6.18 Å². The molecule has 0 atom stereocenters. The maximum Gasteiger partial charge on any atom is 0.417 e. The van der Waals surface area contributed by atoms with E-state index in [1.807, 2.05) is 0 Å². The van der Waals surface area contributed by atoms with Gasteiger partial charge in [0.15, 0.2) is 0 Å². The third kappa shape index (κ3) is 3.65. The quantitative estimate of drug-likeness (QED) is 0.721. The lowest BCUT2D eigenvalue weighted by molar-refractivity contribution is -0.138. The Hall–Kier alpha value is -1.34. The number of nitrogens with zero attached hydrogens (tertiary/aromatic N) is 2. The van der Waals surface area contributed by atoms with E-state index in [2.05, 4.69) is 31.2 Å². The van der Waals surface area contributed by atoms with E-state index in [0.717, 1.165) is 6.07 Å². The lowest BCUT2D eigenvalue weighted by Crippen LogP contribution is -2.07. The molecule has 3 nitrogen and oxygen atoms in total. The van der Waals surface area contributed by atoms with Crippen molar-refractivity contribution in [1.29, 1.82) is 0 Å². The Morgan fingerprint density at radius 3 is 2.48 bits per heavy atom. The Kier molecular flexibility index (Phi) is 4.43. The first kappa shape index (κ1) is 16.0. The van der Waals surface area contributed by atoms with E-state index in [9.17, 15) is 13.2 Å². The van der Waals surface area contributed by atoms with Crippen molar-refractivity contribution in [2.45, 2.75) is 20.0 Å². The molecule has 0 unspecified atom stereocenters. The predicted octanol–water partition coefficient (Wildman–Crippen LogP) is 5.27. The molecule has 1 aromatic carbocycles. The summed E-state index contributed by atoms with van der Waals surface area (Å²) in [5.41, 5.74) is 0.0727. The van der Waals surface area contributed by atoms with Crippen LogP contribution in [-0.4, -0.2) is 9.97 Å². The van der Waals surface area contributed by atoms with E-state index >= 15 is 0 Å². The number of hydrogen-bond acceptors (Lipinski definition) is 3. The number of hydrogen-bond donors (Lipinski definition) is 1. The summed E-state index contributed by atoms with van der Waals surface area (Å²) in [4.78, 5) is 8.12. The Labute approximate surface area is 132 Å². The summed E-state index contributed by atoms with van der Waals surface area (Å²) in [5, 5.41) is 3.10. The fraction of sp³-hybridized carbons (Fsp3) is 0.231. The number of rotatable bonds is 2. The molecule has 0 bridgehead atoms. The summed E-state index contributed by atoms with van der Waals surface area (Å²) in [7, 11) is 0. The minimum atomic E-state index is -4.44. The second kappa shape index (κ2) is 5.81. The number of anilines is 2. The van der Waals surface area contributed by atoms with Gasteiger partial charge in [-0.25, -0.2) is 9.97 Å². The fourth-order valence-corrected chi connectivity index (χ4v) is 2.36. The van der Waals surface area contributed by atoms with Gasteiger partial charge in [0, 0.05) is 15.7 Å². The highest BCUT2D eigenvalue weighted by Crippen LogP contribution is 2.37. The first-order valence-electron chi connectivity index (χ1n) is 5.83. The van der Waals surface area contributed by atoms with Gasteiger partial charge in [0.1, 0.15) is 16.8 Å². The SMILES string of the molecule is Cc1nc(Cl)c(C)c(Nc2ccc(Br)c(C(F)(F)F)c2)n1. The first-order valence-corrected chi connectivity index (χ1v) is 7.00. The highest BCUT2D eigenvalue weighted by atomic mass is 79.9. The van der Waals surface area contributed by atoms with E-state index in [0.29, 0.717) is 17.2 Å². The van der Waals surface area contributed by atoms with Crippen molar-refractivity contribution in [3.05, 3.63) is 44.8 Å². The Morgan fingerprint density at radius 2 is 1.86 bits per heavy atom. The zero-order valence-corrected chi connectivity index (χ0v) is 13.4. The van der Waals surface area contributed by atoms with Crippen molar-refractivity contribution < 1.29 is 13.2 Å². The van der Waals surface area contributed by atoms with Crippen molar-refractivity contribution in [2.24, 2.45) is 0 Å². The second-order valence-electron chi connectivity index (χ2n) is 4.35. The number of halogens is 5. The molecule has 21 heavy (non-hydrogen) atoms. The lowest BCUT2D eigenvalue weighted by Gasteiger charge is -2.14. The standard InChI is InChI=1S/C13H10BrClF3N3/c1-6-11(15)19-7(2)20-12(6)21-8-3-4-10(14)9(5-8)13(16,17)18/h3-5H,1-2H3,(H,19,20,21). The van der Waals surface area contributed by atoms with Crippen LogP contribution in [0.3, 0.4) is 0 Å². The molecular formula is C13H10BrClF3N3. The van der Waals surface area contributed by atoms with Crippen LogP contribution in [0.1, 0.15) is 17.0 Å². The van der Waals surface area contributed by atoms with Gasteiger partial charge in [-0.15, -0.1) is 0 Å². The van der Waals surface area contributed by atoms with E-state index in [-0.39, 0.29) is 15.3 Å². The van der Waals surface area contributed by atoms with Crippen LogP contribution in [0.25, 0.3) is 0 Å². The summed E-state index contributed by atoms with van der Waals surface area (Å²) in [5.74, 6) is 0.809. The van der Waals surface area contributed by atoms with E-state index < -0.39 is 11.7 Å². The molecule has 8 heteroatoms. The van der Waals surface area contributed by atoms with Crippen molar-refractivity contribution in [2.75, 3.05) is 5.32 Å². The minimum Gasteiger partial charge on any atom is -0.340 e. The molecule has 0 fully saturated rings. The van der Waals surface area contributed by atoms with E-state index in [1.54, 1.807) is 13.8 Å². The average Bonchev–Trinajstić information content (AvgIpc) is 2.36. The maximum absolute atomic E-state index is 12.9. The van der Waals surface area contributed by atoms with Gasteiger partial charge in [0.2, 0.25) is 0 Å². The van der Waals surface area contributed by atoms with Crippen LogP contribution in [0.15, 0.2) is 22.7 Å². The summed E-state index contributed by atoms with van der Waals surface area (Å²) in [6.07, 6.45) is -4.44. The van der Waals surface area contributed by atoms with Gasteiger partial charge in [0.05, 0.1) is 5.56 Å². The smallest absolute Gasteiger partial charge is 0.340 e. The lowest BCUT2D eigenvalue weighted by atomic mass is 10.2. The molecule has 0 aliphatic rings. The Morgan fingerprint density at radius 1 is 1.19 bits per heavy atom. The van der Waals surface area contributed by atoms with Crippen LogP contribution in [0, 0.1) is 13.8 Å². The second-order valence-corrected chi connectivity index (χ2v) is 5.56. The van der Waals surface area contributed by atoms with Crippen LogP contribution in [0.2, 0.25) is 5.15 Å². The van der Waals surface area contributed by atoms with Crippen LogP contribution < -0.4 is 5.32 Å². The van der Waals surface area contributed by atoms with Gasteiger partial charge < -0.3 is 5.32 Å². The maximum atomic E-state index is 12.9. The van der Waals surface area contributed by atoms with Crippen molar-refractivity contribution >= 4 is 39.0 Å². The molecule has 0 spiro atoms. The summed E-state index contributed by atoms with van der Waals surface area (Å²) in [6, 6.07) is 3.86. The average molecular weight is 381 g/mol. The number of aryl methyl sites for hydroxylation is 1. The number of aromatic nitrogens is 2. The molecule has 0 radical (unpaired) electrons. The molecule has 0 saturated heterocycles. The molecule has 2 rings (SSSR count). The van der Waals surface area contributed by atoms with Crippen molar-refractivity contribution in [3.63, 3.8) is 0 Å². The normalized spacial score (nSPS) is 11.6. The van der Waals surface area contributed by atoms with Gasteiger partial charge in [-0.1, -0.05) is 27.5 Å². The number of benzene rings is 1. The molecular weight excluding hydrogens is 371 g/mol. The molecule has 0 amide bonds. The van der Waals surface area contributed by atoms with E-state index in [1.165, 1.54) is 12.1 Å². The van der Waals surface area contributed by atoms with Gasteiger partial charge >= 0.3 is 6.18 Å². The predicted molar refractivity (Wildman–Crippen MR) is 78.9 cm³/mol. The van der Waals surface area contributed by atoms with Crippen LogP contribution >= 0.6 is 27.5 Å². The zero-order chi connectivity index (χ0) is 15.8. The molecule has 112 valence electrons. The summed E-state index contributed by atoms with van der Waals surface area (Å²) < 4.78 is 38.6. The molecule has 1 N–H and O–H groups in total. The van der Waals surface area contributed by atoms with Gasteiger partial charge in [0.25, 0.3) is 0 Å². The number of alkyl halides is 3. The van der Waals surface area contributed by atoms with Gasteiger partial charge in [-0.05, 0) is 32.0 Å². The van der Waals surface area contributed by atoms with Crippen LogP contribution in [0.4, 0.5) is 24.7 Å². The summed E-state index contributed by atoms with van der Waals surface area (Å²) >= 11 is 8.83. The highest BCUT2D eigenvalue weighted by Gasteiger charge is 2.33. The summed E-state index contributed by atoms with van der Waals surface area (Å²) in [6.45, 7) is 3.34. The number of nitrogens with one attached hydrogen (secondary N) is 1. The molecule has 1 heterocycles. The largest absolute Gasteiger partial charge is 0.417 e. The van der Waals surface area contributed by atoms with Gasteiger partial charge in [-0.3, -0.25) is 0 Å². The molecule has 0 saturated carbocycles. The third-order valence-corrected chi connectivity index (χ3v) is 3.79. The van der Waals surface area contributed by atoms with E-state index in [4.69, 9.17) is 11.6 Å². The molecule has 0 aliphatic heterocycles. The third-order valence-electron chi connectivity index (χ3n) is 2.73. The molecule has 0 aliphatic carbocycles. The monoisotopic (exact) mass is 379 g/mol.